The zero-order chi connectivity index (χ0) is 5.41. The molecule has 0 saturated heterocycles. The normalized spacial score (nSPS) is 4.17. The standard InChI is InChI=1S/C2H4O.CH2O2/c1-2-3;2-1-3/h2H,1H3;1H,(H,2,3). The fourth-order valence-electron chi connectivity index (χ4n) is 0. The highest BCUT2D eigenvalue weighted by molar-refractivity contribution is 5.44. The molecule has 1 N–H and O–H groups in total. The van der Waals surface area contributed by atoms with E-state index in [4.69, 9.17) is 14.7 Å². The van der Waals surface area contributed by atoms with Gasteiger partial charge in [-0.25, -0.2) is 0 Å². The van der Waals surface area contributed by atoms with Crippen LogP contribution in [-0.4, -0.2) is 17.9 Å². The molecule has 0 rings (SSSR count). The molecule has 0 saturated carbocycles. The van der Waals surface area contributed by atoms with E-state index in [1.807, 2.05) is 0 Å². The van der Waals surface area contributed by atoms with Gasteiger partial charge in [-0.2, -0.15) is 0 Å². The number of hydrogen-bond donors (Lipinski definition) is 1. The van der Waals surface area contributed by atoms with Crippen molar-refractivity contribution in [1.29, 1.82) is 0 Å². The van der Waals surface area contributed by atoms with Gasteiger partial charge in [0.05, 0.1) is 0 Å². The van der Waals surface area contributed by atoms with Crippen LogP contribution in [0, 0.1) is 0 Å². The summed E-state index contributed by atoms with van der Waals surface area (Å²) in [5.74, 6) is 0. The third-order valence-corrected chi connectivity index (χ3v) is 0. The minimum Gasteiger partial charge on any atom is -0.483 e. The Morgan fingerprint density at radius 3 is 1.50 bits per heavy atom. The molecule has 0 unspecified atom stereocenters. The van der Waals surface area contributed by atoms with Gasteiger partial charge in [-0.3, -0.25) is 4.79 Å². The van der Waals surface area contributed by atoms with Gasteiger partial charge in [0, 0.05) is 0 Å². The van der Waals surface area contributed by atoms with Crippen molar-refractivity contribution in [2.45, 2.75) is 6.92 Å². The summed E-state index contributed by atoms with van der Waals surface area (Å²) < 4.78 is 0. The van der Waals surface area contributed by atoms with E-state index in [2.05, 4.69) is 0 Å². The predicted molar refractivity (Wildman–Crippen MR) is 20.4 cm³/mol. The van der Waals surface area contributed by atoms with Gasteiger partial charge in [0.15, 0.2) is 0 Å². The second-order valence-corrected chi connectivity index (χ2v) is 0.341. The summed E-state index contributed by atoms with van der Waals surface area (Å²) in [6.07, 6.45) is 0.750. The maximum absolute atomic E-state index is 8.81. The van der Waals surface area contributed by atoms with Crippen LogP contribution in [0.15, 0.2) is 0 Å². The molecule has 0 amide bonds. The summed E-state index contributed by atoms with van der Waals surface area (Å²) in [6.45, 7) is 1.19. The molecule has 0 aliphatic rings. The molecule has 36 valence electrons. The third kappa shape index (κ3) is 19.4. The van der Waals surface area contributed by atoms with Crippen molar-refractivity contribution in [3.8, 4) is 0 Å². The molecule has 3 heteroatoms. The zero-order valence-electron chi connectivity index (χ0n) is 3.42. The number of rotatable bonds is 0. The van der Waals surface area contributed by atoms with Crippen molar-refractivity contribution in [2.24, 2.45) is 0 Å². The van der Waals surface area contributed by atoms with Crippen molar-refractivity contribution < 1.29 is 14.7 Å². The number of carbonyl (C=O) groups excluding carboxylic acids is 1. The first-order valence-electron chi connectivity index (χ1n) is 1.31. The Morgan fingerprint density at radius 1 is 1.50 bits per heavy atom. The fourth-order valence-corrected chi connectivity index (χ4v) is 0. The van der Waals surface area contributed by atoms with Crippen LogP contribution in [0.3, 0.4) is 0 Å². The van der Waals surface area contributed by atoms with Gasteiger partial charge in [0.25, 0.3) is 6.47 Å². The summed E-state index contributed by atoms with van der Waals surface area (Å²) in [5.41, 5.74) is 0. The molecule has 0 atom stereocenters. The van der Waals surface area contributed by atoms with Crippen LogP contribution < -0.4 is 0 Å². The maximum Gasteiger partial charge on any atom is 0.290 e. The van der Waals surface area contributed by atoms with Crippen LogP contribution in [0.5, 0.6) is 0 Å². The molecule has 0 bridgehead atoms. The van der Waals surface area contributed by atoms with Gasteiger partial charge < -0.3 is 9.90 Å². The summed E-state index contributed by atoms with van der Waals surface area (Å²) >= 11 is 0. The molecule has 0 aromatic carbocycles. The highest BCUT2D eigenvalue weighted by Gasteiger charge is 1.24. The van der Waals surface area contributed by atoms with Crippen molar-refractivity contribution in [3.63, 3.8) is 0 Å². The Balaban J connectivity index is 0. The minimum atomic E-state index is -0.250. The van der Waals surface area contributed by atoms with E-state index in [1.54, 1.807) is 0 Å². The number of carboxylic acid groups (broad SMARTS) is 1. The molecule has 0 fully saturated rings. The third-order valence-electron chi connectivity index (χ3n) is 0. The monoisotopic (exact) mass is 90.0 g/mol. The van der Waals surface area contributed by atoms with Crippen LogP contribution in [0.2, 0.25) is 0 Å². The molecule has 0 aromatic rings. The van der Waals surface area contributed by atoms with Crippen LogP contribution in [0.25, 0.3) is 0 Å². The van der Waals surface area contributed by atoms with Gasteiger partial charge in [0.2, 0.25) is 0 Å². The first-order chi connectivity index (χ1) is 2.83. The molecule has 6 heavy (non-hydrogen) atoms. The number of hydrogen-bond acceptors (Lipinski definition) is 2. The fraction of sp³-hybridized carbons (Fsp3) is 0.333. The van der Waals surface area contributed by atoms with E-state index in [9.17, 15) is 0 Å². The molecule has 0 spiro atoms. The van der Waals surface area contributed by atoms with Crippen LogP contribution in [-0.2, 0) is 9.59 Å². The molecule has 0 aliphatic heterocycles. The van der Waals surface area contributed by atoms with Gasteiger partial charge in [-0.15, -0.1) is 0 Å². The molecule has 3 nitrogen and oxygen atoms in total. The van der Waals surface area contributed by atoms with E-state index in [0.717, 1.165) is 6.29 Å². The quantitative estimate of drug-likeness (QED) is 0.423. The minimum absolute atomic E-state index is 0.250. The Kier molecular flexibility index (Phi) is 46.8. The van der Waals surface area contributed by atoms with E-state index < -0.39 is 0 Å². The first kappa shape index (κ1) is 8.94. The van der Waals surface area contributed by atoms with Crippen molar-refractivity contribution in [2.75, 3.05) is 0 Å². The highest BCUT2D eigenvalue weighted by Crippen LogP contribution is 1.13. The van der Waals surface area contributed by atoms with Crippen LogP contribution in [0.4, 0.5) is 0 Å². The molecular formula is C3H6O3. The van der Waals surface area contributed by atoms with Crippen LogP contribution in [0.1, 0.15) is 6.92 Å². The van der Waals surface area contributed by atoms with E-state index >= 15 is 0 Å². The number of carbonyl (C=O) groups is 2. The molecule has 0 aliphatic carbocycles. The van der Waals surface area contributed by atoms with E-state index in [0.29, 0.717) is 0 Å². The average molecular weight is 90.1 g/mol. The summed E-state index contributed by atoms with van der Waals surface area (Å²) in [5, 5.41) is 6.89. The Bertz CT molecular complexity index is 27.0. The van der Waals surface area contributed by atoms with Gasteiger partial charge >= 0.3 is 0 Å². The smallest absolute Gasteiger partial charge is 0.290 e. The molecule has 0 heterocycles. The van der Waals surface area contributed by atoms with Crippen molar-refractivity contribution in [1.82, 2.24) is 0 Å². The maximum atomic E-state index is 8.81. The summed E-state index contributed by atoms with van der Waals surface area (Å²) in [4.78, 5) is 17.2. The first-order valence-corrected chi connectivity index (χ1v) is 1.31. The molecule has 0 aromatic heterocycles. The summed E-state index contributed by atoms with van der Waals surface area (Å²) in [7, 11) is 0. The van der Waals surface area contributed by atoms with Gasteiger partial charge in [0.1, 0.15) is 6.29 Å². The predicted octanol–water partition coefficient (Wildman–Crippen LogP) is -0.0940. The van der Waals surface area contributed by atoms with Gasteiger partial charge in [-0.1, -0.05) is 0 Å². The molecule has 0 radical (unpaired) electrons. The Labute approximate surface area is 35.6 Å². The lowest BCUT2D eigenvalue weighted by Crippen LogP contribution is -1.49. The van der Waals surface area contributed by atoms with Crippen molar-refractivity contribution in [3.05, 3.63) is 0 Å². The average Bonchev–Trinajstić information content (AvgIpc) is 1.39. The van der Waals surface area contributed by atoms with Crippen molar-refractivity contribution >= 4 is 12.8 Å². The molecular weight excluding hydrogens is 84.0 g/mol. The van der Waals surface area contributed by atoms with Gasteiger partial charge in [-0.05, 0) is 6.92 Å². The van der Waals surface area contributed by atoms with E-state index in [-0.39, 0.29) is 6.47 Å². The topological polar surface area (TPSA) is 54.4 Å². The zero-order valence-corrected chi connectivity index (χ0v) is 3.42. The summed E-state index contributed by atoms with van der Waals surface area (Å²) in [6, 6.07) is 0. The lowest BCUT2D eigenvalue weighted by Gasteiger charge is -1.34. The second kappa shape index (κ2) is 31.4. The second-order valence-electron chi connectivity index (χ2n) is 0.341. The lowest BCUT2D eigenvalue weighted by molar-refractivity contribution is -0.122. The Morgan fingerprint density at radius 2 is 1.50 bits per heavy atom. The SMILES string of the molecule is CC=O.O=CO. The largest absolute Gasteiger partial charge is 0.483 e. The van der Waals surface area contributed by atoms with E-state index in [1.165, 1.54) is 6.92 Å². The Hall–Kier alpha value is -0.860. The van der Waals surface area contributed by atoms with Crippen LogP contribution >= 0.6 is 0 Å². The number of aldehydes is 1. The highest BCUT2D eigenvalue weighted by atomic mass is 16.3. The lowest BCUT2D eigenvalue weighted by atomic mass is 11.0.